The van der Waals surface area contributed by atoms with Crippen molar-refractivity contribution in [3.63, 3.8) is 0 Å². The molecule has 1 unspecified atom stereocenters. The molecule has 0 aliphatic carbocycles. The summed E-state index contributed by atoms with van der Waals surface area (Å²) in [5.74, 6) is 1.24. The third-order valence-corrected chi connectivity index (χ3v) is 4.30. The number of nitrogens with one attached hydrogen (secondary N) is 2. The topological polar surface area (TPSA) is 105 Å². The van der Waals surface area contributed by atoms with Crippen molar-refractivity contribution in [2.24, 2.45) is 0 Å². The number of ether oxygens (including phenoxy) is 1. The first-order valence-electron chi connectivity index (χ1n) is 8.15. The van der Waals surface area contributed by atoms with Gasteiger partial charge in [0.05, 0.1) is 0 Å². The Hall–Kier alpha value is -3.34. The molecule has 8 heteroatoms. The second-order valence-corrected chi connectivity index (χ2v) is 5.95. The average Bonchev–Trinajstić information content (AvgIpc) is 2.93. The number of piperidine rings is 1. The van der Waals surface area contributed by atoms with E-state index in [1.807, 2.05) is 0 Å². The summed E-state index contributed by atoms with van der Waals surface area (Å²) in [6.07, 6.45) is 5.21. The molecule has 1 atom stereocenters. The van der Waals surface area contributed by atoms with E-state index in [1.165, 1.54) is 4.90 Å². The van der Waals surface area contributed by atoms with Gasteiger partial charge in [0.15, 0.2) is 0 Å². The molecule has 26 heavy (non-hydrogen) atoms. The molecule has 1 aromatic rings. The Bertz CT molecular complexity index is 827. The van der Waals surface area contributed by atoms with Gasteiger partial charge in [-0.25, -0.2) is 4.79 Å². The Morgan fingerprint density at radius 1 is 1.38 bits per heavy atom. The summed E-state index contributed by atoms with van der Waals surface area (Å²) in [6.45, 7) is 0.264. The van der Waals surface area contributed by atoms with E-state index >= 15 is 0 Å². The van der Waals surface area contributed by atoms with E-state index < -0.39 is 18.0 Å². The van der Waals surface area contributed by atoms with Gasteiger partial charge in [-0.2, -0.15) is 0 Å². The van der Waals surface area contributed by atoms with Crippen molar-refractivity contribution < 1.29 is 23.9 Å². The summed E-state index contributed by atoms with van der Waals surface area (Å²) in [5.41, 5.74) is 1.46. The third kappa shape index (κ3) is 3.37. The van der Waals surface area contributed by atoms with E-state index in [1.54, 1.807) is 18.2 Å². The number of benzene rings is 1. The molecule has 3 rings (SSSR count). The first-order chi connectivity index (χ1) is 12.5. The summed E-state index contributed by atoms with van der Waals surface area (Å²) in [5, 5.41) is 4.85. The largest absolute Gasteiger partial charge is 0.448 e. The molecule has 0 bridgehead atoms. The standard InChI is InChI=1S/C18H17N3O5/c1-2-3-9-26-18(25)19-13-6-4-5-11-12(13)10-21(17(11)24)14-7-8-15(22)20-16(14)23/h1,4-6,14H,3,7-10H2,(H,19,25)(H,20,22,23). The smallest absolute Gasteiger partial charge is 0.411 e. The molecular weight excluding hydrogens is 338 g/mol. The van der Waals surface area contributed by atoms with Crippen LogP contribution in [0.2, 0.25) is 0 Å². The van der Waals surface area contributed by atoms with Gasteiger partial charge >= 0.3 is 6.09 Å². The van der Waals surface area contributed by atoms with Crippen molar-refractivity contribution in [3.05, 3.63) is 29.3 Å². The van der Waals surface area contributed by atoms with Crippen molar-refractivity contribution in [1.82, 2.24) is 10.2 Å². The van der Waals surface area contributed by atoms with Crippen LogP contribution in [0.1, 0.15) is 35.2 Å². The monoisotopic (exact) mass is 355 g/mol. The van der Waals surface area contributed by atoms with E-state index in [0.717, 1.165) is 0 Å². The lowest BCUT2D eigenvalue weighted by atomic mass is 10.0. The molecule has 0 saturated carbocycles. The number of carbonyl (C=O) groups is 4. The number of hydrogen-bond acceptors (Lipinski definition) is 5. The maximum absolute atomic E-state index is 12.7. The number of hydrogen-bond donors (Lipinski definition) is 2. The zero-order valence-electron chi connectivity index (χ0n) is 13.9. The van der Waals surface area contributed by atoms with Gasteiger partial charge in [-0.1, -0.05) is 6.07 Å². The van der Waals surface area contributed by atoms with Crippen molar-refractivity contribution in [1.29, 1.82) is 0 Å². The Morgan fingerprint density at radius 3 is 2.92 bits per heavy atom. The molecular formula is C18H17N3O5. The van der Waals surface area contributed by atoms with Gasteiger partial charge in [0.25, 0.3) is 5.91 Å². The Kier molecular flexibility index (Phi) is 4.89. The number of nitrogens with zero attached hydrogens (tertiary/aromatic N) is 1. The fraction of sp³-hybridized carbons (Fsp3) is 0.333. The summed E-state index contributed by atoms with van der Waals surface area (Å²) in [6, 6.07) is 4.23. The minimum Gasteiger partial charge on any atom is -0.448 e. The highest BCUT2D eigenvalue weighted by Crippen LogP contribution is 2.32. The van der Waals surface area contributed by atoms with Crippen LogP contribution in [0.25, 0.3) is 0 Å². The summed E-state index contributed by atoms with van der Waals surface area (Å²) < 4.78 is 4.95. The normalized spacial score (nSPS) is 18.8. The van der Waals surface area contributed by atoms with Gasteiger partial charge in [0.1, 0.15) is 12.6 Å². The predicted molar refractivity (Wildman–Crippen MR) is 90.9 cm³/mol. The molecule has 4 amide bonds. The fourth-order valence-electron chi connectivity index (χ4n) is 3.05. The number of carbonyl (C=O) groups excluding carboxylic acids is 4. The van der Waals surface area contributed by atoms with Crippen molar-refractivity contribution in [3.8, 4) is 12.3 Å². The second kappa shape index (κ2) is 7.27. The van der Waals surface area contributed by atoms with Gasteiger partial charge in [-0.3, -0.25) is 25.0 Å². The molecule has 0 spiro atoms. The van der Waals surface area contributed by atoms with E-state index in [4.69, 9.17) is 11.2 Å². The van der Waals surface area contributed by atoms with Crippen LogP contribution in [0, 0.1) is 12.3 Å². The van der Waals surface area contributed by atoms with Crippen LogP contribution in [0.3, 0.4) is 0 Å². The van der Waals surface area contributed by atoms with E-state index in [-0.39, 0.29) is 37.8 Å². The predicted octanol–water partition coefficient (Wildman–Crippen LogP) is 1.02. The van der Waals surface area contributed by atoms with Crippen LogP contribution in [-0.4, -0.2) is 41.4 Å². The second-order valence-electron chi connectivity index (χ2n) is 5.95. The zero-order valence-corrected chi connectivity index (χ0v) is 13.9. The molecule has 0 radical (unpaired) electrons. The molecule has 2 N–H and O–H groups in total. The molecule has 1 fully saturated rings. The van der Waals surface area contributed by atoms with Crippen LogP contribution in [0.5, 0.6) is 0 Å². The van der Waals surface area contributed by atoms with Crippen LogP contribution in [-0.2, 0) is 20.9 Å². The number of anilines is 1. The summed E-state index contributed by atoms with van der Waals surface area (Å²) in [7, 11) is 0. The summed E-state index contributed by atoms with van der Waals surface area (Å²) in [4.78, 5) is 49.3. The molecule has 8 nitrogen and oxygen atoms in total. The Labute approximate surface area is 149 Å². The van der Waals surface area contributed by atoms with Gasteiger partial charge < -0.3 is 9.64 Å². The number of fused-ring (bicyclic) bond motifs is 1. The SMILES string of the molecule is C#CCCOC(=O)Nc1cccc2c1CN(C1CCC(=O)NC1=O)C2=O. The van der Waals surface area contributed by atoms with Crippen LogP contribution in [0.4, 0.5) is 10.5 Å². The number of imide groups is 1. The van der Waals surface area contributed by atoms with Crippen LogP contribution < -0.4 is 10.6 Å². The quantitative estimate of drug-likeness (QED) is 0.477. The maximum atomic E-state index is 12.7. The molecule has 1 saturated heterocycles. The molecule has 134 valence electrons. The molecule has 1 aromatic carbocycles. The minimum absolute atomic E-state index is 0.0959. The van der Waals surface area contributed by atoms with Crippen molar-refractivity contribution in [2.75, 3.05) is 11.9 Å². The fourth-order valence-corrected chi connectivity index (χ4v) is 3.05. The average molecular weight is 355 g/mol. The highest BCUT2D eigenvalue weighted by atomic mass is 16.5. The van der Waals surface area contributed by atoms with Crippen LogP contribution in [0.15, 0.2) is 18.2 Å². The van der Waals surface area contributed by atoms with Gasteiger partial charge in [-0.15, -0.1) is 12.3 Å². The first kappa shape index (κ1) is 17.5. The van der Waals surface area contributed by atoms with Gasteiger partial charge in [0, 0.05) is 36.2 Å². The number of terminal acetylenes is 1. The van der Waals surface area contributed by atoms with Gasteiger partial charge in [0.2, 0.25) is 11.8 Å². The molecule has 2 heterocycles. The number of amides is 4. The highest BCUT2D eigenvalue weighted by Gasteiger charge is 2.39. The molecule has 2 aliphatic rings. The lowest BCUT2D eigenvalue weighted by Gasteiger charge is -2.29. The van der Waals surface area contributed by atoms with Crippen molar-refractivity contribution >= 4 is 29.5 Å². The Balaban J connectivity index is 1.75. The molecule has 2 aliphatic heterocycles. The van der Waals surface area contributed by atoms with E-state index in [2.05, 4.69) is 16.6 Å². The highest BCUT2D eigenvalue weighted by molar-refractivity contribution is 6.06. The lowest BCUT2D eigenvalue weighted by molar-refractivity contribution is -0.136. The zero-order chi connectivity index (χ0) is 18.7. The first-order valence-corrected chi connectivity index (χ1v) is 8.15. The third-order valence-electron chi connectivity index (χ3n) is 4.30. The van der Waals surface area contributed by atoms with Crippen LogP contribution >= 0.6 is 0 Å². The molecule has 0 aromatic heterocycles. The number of rotatable bonds is 4. The lowest BCUT2D eigenvalue weighted by Crippen LogP contribution is -2.52. The van der Waals surface area contributed by atoms with Gasteiger partial charge in [-0.05, 0) is 18.6 Å². The Morgan fingerprint density at radius 2 is 2.19 bits per heavy atom. The minimum atomic E-state index is -0.706. The summed E-state index contributed by atoms with van der Waals surface area (Å²) >= 11 is 0. The van der Waals surface area contributed by atoms with E-state index in [9.17, 15) is 19.2 Å². The van der Waals surface area contributed by atoms with Crippen molar-refractivity contribution in [2.45, 2.75) is 31.8 Å². The maximum Gasteiger partial charge on any atom is 0.411 e. The van der Waals surface area contributed by atoms with E-state index in [0.29, 0.717) is 23.2 Å².